The van der Waals surface area contributed by atoms with Crippen molar-refractivity contribution in [3.05, 3.63) is 18.5 Å². The molecule has 0 spiro atoms. The molecule has 0 bridgehead atoms. The van der Waals surface area contributed by atoms with Gasteiger partial charge in [-0.3, -0.25) is 0 Å². The third-order valence-electron chi connectivity index (χ3n) is 1.44. The molecule has 0 atom stereocenters. The molecule has 2 aromatic heterocycles. The maximum Gasteiger partial charge on any atom is 0.157 e. The molecule has 0 fully saturated rings. The van der Waals surface area contributed by atoms with E-state index in [1.807, 2.05) is 0 Å². The van der Waals surface area contributed by atoms with Crippen molar-refractivity contribution in [3.63, 3.8) is 0 Å². The molecule has 0 aromatic carbocycles. The van der Waals surface area contributed by atoms with Gasteiger partial charge in [0, 0.05) is 6.07 Å². The lowest BCUT2D eigenvalue weighted by Gasteiger charge is -1.98. The Labute approximate surface area is 62.6 Å². The van der Waals surface area contributed by atoms with Crippen molar-refractivity contribution in [3.8, 4) is 0 Å². The van der Waals surface area contributed by atoms with Crippen molar-refractivity contribution in [2.45, 2.75) is 0 Å². The maximum absolute atomic E-state index is 5.50. The topological polar surface area (TPSA) is 82.2 Å². The molecule has 11 heavy (non-hydrogen) atoms. The zero-order valence-electron chi connectivity index (χ0n) is 5.73. The summed E-state index contributed by atoms with van der Waals surface area (Å²) in [5, 5.41) is 3.94. The Balaban J connectivity index is 2.86. The maximum atomic E-state index is 5.50. The second-order valence-electron chi connectivity index (χ2n) is 2.22. The Morgan fingerprint density at radius 3 is 3.00 bits per heavy atom. The fraction of sp³-hybridized carbons (Fsp3) is 0. The van der Waals surface area contributed by atoms with Crippen LogP contribution in [0.5, 0.6) is 0 Å². The van der Waals surface area contributed by atoms with Gasteiger partial charge in [0.15, 0.2) is 11.5 Å². The lowest BCUT2D eigenvalue weighted by molar-refractivity contribution is 0.944. The summed E-state index contributed by atoms with van der Waals surface area (Å²) in [6, 6.07) is 1.76. The number of hydrogen-bond acceptors (Lipinski definition) is 4. The predicted octanol–water partition coefficient (Wildman–Crippen LogP) is -0.106. The minimum Gasteiger partial charge on any atom is -0.394 e. The molecule has 0 aliphatic heterocycles. The highest BCUT2D eigenvalue weighted by Gasteiger charge is 1.98. The molecule has 0 amide bonds. The van der Waals surface area contributed by atoms with E-state index >= 15 is 0 Å². The molecule has 4 N–H and O–H groups in total. The molecule has 2 rings (SSSR count). The first-order valence-corrected chi connectivity index (χ1v) is 3.13. The van der Waals surface area contributed by atoms with E-state index in [4.69, 9.17) is 11.5 Å². The van der Waals surface area contributed by atoms with E-state index in [0.29, 0.717) is 17.2 Å². The average molecular weight is 149 g/mol. The number of rotatable bonds is 0. The van der Waals surface area contributed by atoms with Gasteiger partial charge in [-0.25, -0.2) is 9.50 Å². The SMILES string of the molecule is Nc1cn2nccc2nc1N. The summed E-state index contributed by atoms with van der Waals surface area (Å²) >= 11 is 0. The number of nitrogens with two attached hydrogens (primary N) is 2. The van der Waals surface area contributed by atoms with Crippen molar-refractivity contribution >= 4 is 17.2 Å². The van der Waals surface area contributed by atoms with Crippen LogP contribution in [-0.2, 0) is 0 Å². The number of fused-ring (bicyclic) bond motifs is 1. The van der Waals surface area contributed by atoms with Gasteiger partial charge >= 0.3 is 0 Å². The Morgan fingerprint density at radius 2 is 2.18 bits per heavy atom. The summed E-state index contributed by atoms with van der Waals surface area (Å²) in [7, 11) is 0. The first-order valence-electron chi connectivity index (χ1n) is 3.13. The largest absolute Gasteiger partial charge is 0.394 e. The van der Waals surface area contributed by atoms with Crippen LogP contribution in [0.4, 0.5) is 11.5 Å². The van der Waals surface area contributed by atoms with Gasteiger partial charge in [-0.15, -0.1) is 0 Å². The molecule has 0 unspecified atom stereocenters. The highest BCUT2D eigenvalue weighted by atomic mass is 15.2. The molecule has 0 aliphatic rings. The van der Waals surface area contributed by atoms with Gasteiger partial charge in [0.25, 0.3) is 0 Å². The first kappa shape index (κ1) is 5.96. The molecule has 0 radical (unpaired) electrons. The summed E-state index contributed by atoms with van der Waals surface area (Å²) < 4.78 is 1.58. The Hall–Kier alpha value is -1.78. The minimum atomic E-state index is 0.345. The number of nitrogens with zero attached hydrogens (tertiary/aromatic N) is 3. The van der Waals surface area contributed by atoms with E-state index in [1.54, 1.807) is 23.0 Å². The highest BCUT2D eigenvalue weighted by Crippen LogP contribution is 2.10. The average Bonchev–Trinajstić information content (AvgIpc) is 2.36. The van der Waals surface area contributed by atoms with Crippen LogP contribution >= 0.6 is 0 Å². The normalized spacial score (nSPS) is 10.5. The van der Waals surface area contributed by atoms with Crippen LogP contribution in [0.25, 0.3) is 5.65 Å². The van der Waals surface area contributed by atoms with E-state index in [2.05, 4.69) is 10.1 Å². The van der Waals surface area contributed by atoms with Gasteiger partial charge < -0.3 is 11.5 Å². The smallest absolute Gasteiger partial charge is 0.157 e. The zero-order valence-corrected chi connectivity index (χ0v) is 5.73. The van der Waals surface area contributed by atoms with Crippen LogP contribution in [0.15, 0.2) is 18.5 Å². The lowest BCUT2D eigenvalue weighted by atomic mass is 10.5. The van der Waals surface area contributed by atoms with E-state index in [1.165, 1.54) is 0 Å². The van der Waals surface area contributed by atoms with E-state index in [9.17, 15) is 0 Å². The number of anilines is 2. The lowest BCUT2D eigenvalue weighted by Crippen LogP contribution is -2.01. The molecule has 2 heterocycles. The third kappa shape index (κ3) is 0.778. The first-order chi connectivity index (χ1) is 5.27. The molecular formula is C6H7N5. The fourth-order valence-electron chi connectivity index (χ4n) is 0.881. The summed E-state index contributed by atoms with van der Waals surface area (Å²) in [6.07, 6.45) is 3.28. The van der Waals surface area contributed by atoms with Crippen molar-refractivity contribution in [1.82, 2.24) is 14.6 Å². The molecule has 2 aromatic rings. The van der Waals surface area contributed by atoms with Crippen molar-refractivity contribution < 1.29 is 0 Å². The molecule has 0 aliphatic carbocycles. The summed E-state index contributed by atoms with van der Waals surface area (Å²) in [5.41, 5.74) is 12.1. The molecule has 0 saturated carbocycles. The summed E-state index contributed by atoms with van der Waals surface area (Å²) in [5.74, 6) is 0.345. The minimum absolute atomic E-state index is 0.345. The van der Waals surface area contributed by atoms with Gasteiger partial charge in [0.1, 0.15) is 0 Å². The predicted molar refractivity (Wildman–Crippen MR) is 41.8 cm³/mol. The number of aromatic nitrogens is 3. The molecule has 5 heteroatoms. The Morgan fingerprint density at radius 1 is 1.36 bits per heavy atom. The molecule has 5 nitrogen and oxygen atoms in total. The van der Waals surface area contributed by atoms with Crippen molar-refractivity contribution in [2.75, 3.05) is 11.5 Å². The molecular weight excluding hydrogens is 142 g/mol. The number of hydrogen-bond donors (Lipinski definition) is 2. The number of nitrogen functional groups attached to an aromatic ring is 2. The Bertz CT molecular complexity index is 355. The van der Waals surface area contributed by atoms with Crippen LogP contribution in [0, 0.1) is 0 Å². The van der Waals surface area contributed by atoms with Crippen LogP contribution in [0.2, 0.25) is 0 Å². The van der Waals surface area contributed by atoms with Crippen LogP contribution < -0.4 is 11.5 Å². The van der Waals surface area contributed by atoms with Gasteiger partial charge in [0.2, 0.25) is 0 Å². The Kier molecular flexibility index (Phi) is 1.00. The van der Waals surface area contributed by atoms with Crippen LogP contribution in [-0.4, -0.2) is 14.6 Å². The second kappa shape index (κ2) is 1.85. The van der Waals surface area contributed by atoms with Crippen molar-refractivity contribution in [2.24, 2.45) is 0 Å². The van der Waals surface area contributed by atoms with Gasteiger partial charge in [0.05, 0.1) is 18.1 Å². The van der Waals surface area contributed by atoms with Crippen LogP contribution in [0.3, 0.4) is 0 Å². The van der Waals surface area contributed by atoms with Gasteiger partial charge in [-0.05, 0) is 0 Å². The standard InChI is InChI=1S/C6H7N5/c7-4-3-11-5(1-2-9-11)10-6(4)8/h1-3H,7H2,(H2,8,10). The summed E-state index contributed by atoms with van der Waals surface area (Å²) in [6.45, 7) is 0. The third-order valence-corrected chi connectivity index (χ3v) is 1.44. The van der Waals surface area contributed by atoms with Crippen molar-refractivity contribution in [1.29, 1.82) is 0 Å². The second-order valence-corrected chi connectivity index (χ2v) is 2.22. The van der Waals surface area contributed by atoms with E-state index in [-0.39, 0.29) is 0 Å². The molecule has 56 valence electrons. The quantitative estimate of drug-likeness (QED) is 0.547. The summed E-state index contributed by atoms with van der Waals surface area (Å²) in [4.78, 5) is 3.99. The highest BCUT2D eigenvalue weighted by molar-refractivity contribution is 5.60. The monoisotopic (exact) mass is 149 g/mol. The van der Waals surface area contributed by atoms with E-state index in [0.717, 1.165) is 0 Å². The van der Waals surface area contributed by atoms with Gasteiger partial charge in [-0.1, -0.05) is 0 Å². The fourth-order valence-corrected chi connectivity index (χ4v) is 0.881. The van der Waals surface area contributed by atoms with E-state index < -0.39 is 0 Å². The zero-order chi connectivity index (χ0) is 7.84. The van der Waals surface area contributed by atoms with Crippen LogP contribution in [0.1, 0.15) is 0 Å². The molecule has 0 saturated heterocycles. The van der Waals surface area contributed by atoms with Gasteiger partial charge in [-0.2, -0.15) is 5.10 Å².